The molecule has 0 saturated heterocycles. The summed E-state index contributed by atoms with van der Waals surface area (Å²) in [4.78, 5) is 0.0401. The van der Waals surface area contributed by atoms with Crippen LogP contribution in [0, 0.1) is 0 Å². The summed E-state index contributed by atoms with van der Waals surface area (Å²) in [6.45, 7) is 0.289. The van der Waals surface area contributed by atoms with Crippen molar-refractivity contribution in [1.82, 2.24) is 4.72 Å². The van der Waals surface area contributed by atoms with Crippen LogP contribution in [0.3, 0.4) is 0 Å². The van der Waals surface area contributed by atoms with Gasteiger partial charge in [0.1, 0.15) is 4.90 Å². The largest absolute Gasteiger partial charge is 0.329 e. The van der Waals surface area contributed by atoms with Gasteiger partial charge in [-0.15, -0.1) is 12.4 Å². The van der Waals surface area contributed by atoms with Gasteiger partial charge in [-0.2, -0.15) is 0 Å². The lowest BCUT2D eigenvalue weighted by Crippen LogP contribution is -2.51. The summed E-state index contributed by atoms with van der Waals surface area (Å²) in [6, 6.07) is 4.33. The van der Waals surface area contributed by atoms with Crippen molar-refractivity contribution >= 4 is 45.6 Å². The quantitative estimate of drug-likeness (QED) is 0.868. The van der Waals surface area contributed by atoms with Gasteiger partial charge in [-0.05, 0) is 31.0 Å². The maximum atomic E-state index is 12.4. The van der Waals surface area contributed by atoms with Crippen LogP contribution in [0.2, 0.25) is 10.0 Å². The third-order valence-corrected chi connectivity index (χ3v) is 5.78. The lowest BCUT2D eigenvalue weighted by atomic mass is 10.0. The van der Waals surface area contributed by atoms with Gasteiger partial charge >= 0.3 is 0 Å². The number of rotatable bonds is 4. The van der Waals surface area contributed by atoms with E-state index in [1.807, 2.05) is 0 Å². The summed E-state index contributed by atoms with van der Waals surface area (Å²) in [7, 11) is -3.68. The van der Waals surface area contributed by atoms with Crippen molar-refractivity contribution in [3.63, 3.8) is 0 Å². The standard InChI is InChI=1S/C12H16Cl2N2O2S.ClH/c13-9-3-4-11(10(14)7-9)19(17,18)16-12(8-15)5-1-2-6-12;/h3-4,7,16H,1-2,5-6,8,15H2;1H. The fourth-order valence-corrected chi connectivity index (χ4v) is 4.68. The molecular formula is C12H17Cl3N2O2S. The Morgan fingerprint density at radius 3 is 2.35 bits per heavy atom. The SMILES string of the molecule is Cl.NCC1(NS(=O)(=O)c2ccc(Cl)cc2Cl)CCCC1. The first-order chi connectivity index (χ1) is 8.88. The fraction of sp³-hybridized carbons (Fsp3) is 0.500. The summed E-state index contributed by atoms with van der Waals surface area (Å²) in [5.41, 5.74) is 5.20. The van der Waals surface area contributed by atoms with Gasteiger partial charge in [0.05, 0.1) is 5.02 Å². The van der Waals surface area contributed by atoms with E-state index in [2.05, 4.69) is 4.72 Å². The van der Waals surface area contributed by atoms with Gasteiger partial charge in [0.15, 0.2) is 0 Å². The van der Waals surface area contributed by atoms with Gasteiger partial charge in [-0.1, -0.05) is 36.0 Å². The molecule has 0 unspecified atom stereocenters. The third kappa shape index (κ3) is 3.78. The van der Waals surface area contributed by atoms with E-state index in [0.29, 0.717) is 5.02 Å². The number of nitrogens with one attached hydrogen (secondary N) is 1. The molecule has 3 N–H and O–H groups in total. The summed E-state index contributed by atoms with van der Waals surface area (Å²) in [6.07, 6.45) is 3.48. The highest BCUT2D eigenvalue weighted by atomic mass is 35.5. The van der Waals surface area contributed by atoms with Crippen LogP contribution >= 0.6 is 35.6 Å². The molecule has 0 aromatic heterocycles. The first kappa shape index (κ1) is 18.0. The summed E-state index contributed by atoms with van der Waals surface area (Å²) < 4.78 is 27.5. The van der Waals surface area contributed by atoms with Crippen molar-refractivity contribution in [2.75, 3.05) is 6.54 Å². The predicted octanol–water partition coefficient (Wildman–Crippen LogP) is 2.97. The molecule has 2 rings (SSSR count). The Morgan fingerprint density at radius 2 is 1.85 bits per heavy atom. The van der Waals surface area contributed by atoms with E-state index in [1.165, 1.54) is 18.2 Å². The molecule has 0 aliphatic heterocycles. The second kappa shape index (κ2) is 6.81. The van der Waals surface area contributed by atoms with Crippen molar-refractivity contribution in [3.05, 3.63) is 28.2 Å². The zero-order valence-electron chi connectivity index (χ0n) is 10.7. The van der Waals surface area contributed by atoms with E-state index >= 15 is 0 Å². The Bertz CT molecular complexity index is 572. The zero-order valence-corrected chi connectivity index (χ0v) is 13.9. The minimum absolute atomic E-state index is 0. The van der Waals surface area contributed by atoms with Crippen molar-refractivity contribution in [2.24, 2.45) is 5.73 Å². The Kier molecular flexibility index (Phi) is 6.14. The molecular weight excluding hydrogens is 343 g/mol. The van der Waals surface area contributed by atoms with Crippen LogP contribution in [0.15, 0.2) is 23.1 Å². The molecule has 1 aliphatic rings. The van der Waals surface area contributed by atoms with Gasteiger partial charge in [-0.25, -0.2) is 13.1 Å². The number of nitrogens with two attached hydrogens (primary N) is 1. The van der Waals surface area contributed by atoms with Crippen LogP contribution in [0.4, 0.5) is 0 Å². The van der Waals surface area contributed by atoms with E-state index in [9.17, 15) is 8.42 Å². The van der Waals surface area contributed by atoms with Crippen molar-refractivity contribution in [2.45, 2.75) is 36.1 Å². The molecule has 1 aromatic carbocycles. The molecule has 1 fully saturated rings. The van der Waals surface area contributed by atoms with Gasteiger partial charge in [0, 0.05) is 17.1 Å². The highest BCUT2D eigenvalue weighted by Crippen LogP contribution is 2.32. The van der Waals surface area contributed by atoms with Gasteiger partial charge in [0.2, 0.25) is 10.0 Å². The Balaban J connectivity index is 0.00000200. The maximum Gasteiger partial charge on any atom is 0.242 e. The molecule has 20 heavy (non-hydrogen) atoms. The second-order valence-electron chi connectivity index (χ2n) is 4.87. The van der Waals surface area contributed by atoms with Crippen LogP contribution < -0.4 is 10.5 Å². The Hall–Kier alpha value is -0.0400. The van der Waals surface area contributed by atoms with E-state index < -0.39 is 15.6 Å². The number of sulfonamides is 1. The normalized spacial score (nSPS) is 17.8. The Morgan fingerprint density at radius 1 is 1.25 bits per heavy atom. The average molecular weight is 360 g/mol. The van der Waals surface area contributed by atoms with Crippen molar-refractivity contribution in [1.29, 1.82) is 0 Å². The topological polar surface area (TPSA) is 72.2 Å². The molecule has 0 radical (unpaired) electrons. The van der Waals surface area contributed by atoms with E-state index in [1.54, 1.807) is 0 Å². The smallest absolute Gasteiger partial charge is 0.242 e. The molecule has 1 aliphatic carbocycles. The molecule has 0 spiro atoms. The molecule has 0 amide bonds. The second-order valence-corrected chi connectivity index (χ2v) is 7.37. The van der Waals surface area contributed by atoms with Gasteiger partial charge < -0.3 is 5.73 Å². The maximum absolute atomic E-state index is 12.4. The predicted molar refractivity (Wildman–Crippen MR) is 84.3 cm³/mol. The first-order valence-electron chi connectivity index (χ1n) is 6.08. The van der Waals surface area contributed by atoms with Crippen molar-refractivity contribution in [3.8, 4) is 0 Å². The number of halogens is 3. The molecule has 8 heteroatoms. The number of benzene rings is 1. The molecule has 0 heterocycles. The highest BCUT2D eigenvalue weighted by Gasteiger charge is 2.37. The fourth-order valence-electron chi connectivity index (χ4n) is 2.43. The lowest BCUT2D eigenvalue weighted by molar-refractivity contribution is 0.399. The Labute approximate surface area is 135 Å². The van der Waals surface area contributed by atoms with E-state index in [4.69, 9.17) is 28.9 Å². The molecule has 0 atom stereocenters. The minimum atomic E-state index is -3.68. The van der Waals surface area contributed by atoms with Crippen LogP contribution in [0.5, 0.6) is 0 Å². The third-order valence-electron chi connectivity index (χ3n) is 3.49. The number of hydrogen-bond acceptors (Lipinski definition) is 3. The summed E-state index contributed by atoms with van der Waals surface area (Å²) >= 11 is 11.7. The highest BCUT2D eigenvalue weighted by molar-refractivity contribution is 7.89. The van der Waals surface area contributed by atoms with Crippen LogP contribution in [-0.2, 0) is 10.0 Å². The lowest BCUT2D eigenvalue weighted by Gasteiger charge is -2.28. The van der Waals surface area contributed by atoms with E-state index in [0.717, 1.165) is 25.7 Å². The zero-order chi connectivity index (χ0) is 14.1. The number of hydrogen-bond donors (Lipinski definition) is 2. The first-order valence-corrected chi connectivity index (χ1v) is 8.32. The van der Waals surface area contributed by atoms with Gasteiger partial charge in [0.25, 0.3) is 0 Å². The van der Waals surface area contributed by atoms with Crippen molar-refractivity contribution < 1.29 is 8.42 Å². The summed E-state index contributed by atoms with van der Waals surface area (Å²) in [5, 5.41) is 0.517. The molecule has 1 saturated carbocycles. The van der Waals surface area contributed by atoms with Gasteiger partial charge in [-0.3, -0.25) is 0 Å². The minimum Gasteiger partial charge on any atom is -0.329 e. The molecule has 1 aromatic rings. The average Bonchev–Trinajstić information content (AvgIpc) is 2.77. The molecule has 4 nitrogen and oxygen atoms in total. The monoisotopic (exact) mass is 358 g/mol. The van der Waals surface area contributed by atoms with Crippen LogP contribution in [0.1, 0.15) is 25.7 Å². The molecule has 114 valence electrons. The van der Waals surface area contributed by atoms with Crippen LogP contribution in [-0.4, -0.2) is 20.5 Å². The van der Waals surface area contributed by atoms with Crippen LogP contribution in [0.25, 0.3) is 0 Å². The summed E-state index contributed by atoms with van der Waals surface area (Å²) in [5.74, 6) is 0. The molecule has 0 bridgehead atoms. The van der Waals surface area contributed by atoms with E-state index in [-0.39, 0.29) is 28.9 Å².